The van der Waals surface area contributed by atoms with Crippen LogP contribution in [0.5, 0.6) is 0 Å². The van der Waals surface area contributed by atoms with Crippen LogP contribution in [0.25, 0.3) is 0 Å². The van der Waals surface area contributed by atoms with E-state index in [9.17, 15) is 28.7 Å². The van der Waals surface area contributed by atoms with Crippen LogP contribution in [-0.2, 0) is 32.9 Å². The Labute approximate surface area is 362 Å². The Bertz CT molecular complexity index is 1520. The van der Waals surface area contributed by atoms with E-state index in [-0.39, 0.29) is 90.0 Å². The third-order valence-corrected chi connectivity index (χ3v) is 6.04. The molecule has 0 radical (unpaired) electrons. The Morgan fingerprint density at radius 2 is 1.06 bits per heavy atom. The molecule has 0 saturated heterocycles. The molecule has 0 bridgehead atoms. The fraction of sp³-hybridized carbons (Fsp3) is 0.541. The number of carbonyl (C=O) groups excluding carboxylic acids is 3. The van der Waals surface area contributed by atoms with Gasteiger partial charge in [0.05, 0.1) is 14.4 Å². The van der Waals surface area contributed by atoms with Crippen LogP contribution < -0.4 is 74.6 Å². The number of esters is 2. The number of hydrogen-bond acceptors (Lipinski definition) is 9. The van der Waals surface area contributed by atoms with Crippen molar-refractivity contribution in [2.75, 3.05) is 13.2 Å². The van der Waals surface area contributed by atoms with E-state index >= 15 is 0 Å². The molecule has 0 aromatic rings. The third kappa shape index (κ3) is 49.8. The first-order chi connectivity index (χ1) is 23.0. The summed E-state index contributed by atoms with van der Waals surface area (Å²) in [5.41, 5.74) is 4.47. The van der Waals surface area contributed by atoms with E-state index in [1.54, 1.807) is 6.92 Å². The second-order valence-electron chi connectivity index (χ2n) is 9.93. The van der Waals surface area contributed by atoms with Gasteiger partial charge in [-0.05, 0) is 84.4 Å². The Morgan fingerprint density at radius 3 is 1.46 bits per heavy atom. The number of phosphoric acid groups is 1. The molecule has 0 spiro atoms. The molecule has 10 nitrogen and oxygen atoms in total. The van der Waals surface area contributed by atoms with Gasteiger partial charge in [0.1, 0.15) is 6.61 Å². The summed E-state index contributed by atoms with van der Waals surface area (Å²) < 4.78 is 25.1. The van der Waals surface area contributed by atoms with Gasteiger partial charge >= 0.3 is 71.1 Å². The number of primary amides is 1. The van der Waals surface area contributed by atoms with Crippen LogP contribution in [0, 0.1) is 82.9 Å². The van der Waals surface area contributed by atoms with Gasteiger partial charge in [0, 0.05) is 37.8 Å². The summed E-state index contributed by atoms with van der Waals surface area (Å²) in [5, 5.41) is 0. The fourth-order valence-corrected chi connectivity index (χ4v) is 3.83. The molecule has 0 aromatic carbocycles. The van der Waals surface area contributed by atoms with Gasteiger partial charge in [-0.15, -0.1) is 0 Å². The number of hydrogen-bond donors (Lipinski definition) is 1. The molecule has 13 heteroatoms. The van der Waals surface area contributed by atoms with Gasteiger partial charge in [-0.2, -0.15) is 0 Å². The molecule has 284 valence electrons. The largest absolute Gasteiger partial charge is 1.00 e. The minimum atomic E-state index is -5.32. The van der Waals surface area contributed by atoms with Crippen LogP contribution in [0.2, 0.25) is 0 Å². The van der Waals surface area contributed by atoms with Crippen molar-refractivity contribution < 1.29 is 120 Å². The average Bonchev–Trinajstić information content (AvgIpc) is 3.02. The first kappa shape index (κ1) is 54.2. The van der Waals surface area contributed by atoms with Crippen LogP contribution in [0.3, 0.4) is 0 Å². The molecule has 1 amide bonds. The number of phosphoric ester groups is 1. The molecule has 0 rings (SSSR count). The summed E-state index contributed by atoms with van der Waals surface area (Å²) in [5.74, 6) is 31.7. The molecule has 50 heavy (non-hydrogen) atoms. The summed E-state index contributed by atoms with van der Waals surface area (Å²) in [6.07, 6.45) is 13.9. The Hall–Kier alpha value is -2.56. The smallest absolute Gasteiger partial charge is 0.790 e. The Balaban J connectivity index is -0.0000000710. The van der Waals surface area contributed by atoms with Crippen LogP contribution in [0.4, 0.5) is 0 Å². The average molecular weight is 750 g/mol. The SMILES string of the molecule is CC#CC#CC#CC#CC#CC#CC#CC(=O)OC[C@H](COP(=O)([O-])[O-])OC(=O)CCCCCCCCCCCCCCC.CC(N)=O.[HH].[HH].[HH].[HH].[HH].[HH].[HH].[HH].[HH].[HH].[HH].[HH].[HH].[Na+].[Na+]. The fourth-order valence-electron chi connectivity index (χ4n) is 3.48. The molecule has 0 saturated carbocycles. The van der Waals surface area contributed by atoms with Crippen LogP contribution in [-0.4, -0.2) is 37.2 Å². The van der Waals surface area contributed by atoms with E-state index in [2.05, 4.69) is 100 Å². The van der Waals surface area contributed by atoms with Crippen LogP contribution in [0.15, 0.2) is 0 Å². The zero-order valence-electron chi connectivity index (χ0n) is 30.1. The Morgan fingerprint density at radius 1 is 0.680 bits per heavy atom. The number of unbranched alkanes of at least 4 members (excludes halogenated alkanes) is 12. The molecule has 0 heterocycles. The quantitative estimate of drug-likeness (QED) is 0.0466. The van der Waals surface area contributed by atoms with Gasteiger partial charge in [0.25, 0.3) is 0 Å². The first-order valence-corrected chi connectivity index (χ1v) is 17.2. The standard InChI is InChI=1S/C35H41O8P.C2H5NO.2Na.13H2/c1-3-5-7-9-11-13-15-17-19-21-23-25-27-29-34(36)41-31-33(32-42-44(38,39)40)43-35(37)30-28-26-24-22-20-18-16-14-12-10-8-6-4-2;1-2(3)4;;;;;;;;;;;;;;;/h33H,4,6,8,10,12,14,16,18,20,22,24,26,28,30-32H2,1-2H3,(H2,38,39,40);1H3,(H2,3,4);;;13*1H/q;;2*+1;;;;;;;;;;;;;/p-2/t33-;;;;;;;;;;;;;;;;/m1................/s1. The molecule has 0 aliphatic carbocycles. The predicted octanol–water partition coefficient (Wildman–Crippen LogP) is 0.509. The van der Waals surface area contributed by atoms with Crippen molar-refractivity contribution >= 4 is 25.7 Å². The topological polar surface area (TPSA) is 168 Å². The summed E-state index contributed by atoms with van der Waals surface area (Å²) in [6, 6.07) is 0. The van der Waals surface area contributed by atoms with Gasteiger partial charge in [-0.1, -0.05) is 89.9 Å². The van der Waals surface area contributed by atoms with E-state index in [1.165, 1.54) is 64.7 Å². The van der Waals surface area contributed by atoms with Crippen molar-refractivity contribution in [3.8, 4) is 82.9 Å². The van der Waals surface area contributed by atoms with E-state index in [0.717, 1.165) is 19.3 Å². The molecule has 0 unspecified atom stereocenters. The molecule has 0 aliphatic rings. The second kappa shape index (κ2) is 40.9. The molecule has 0 aromatic heterocycles. The maximum Gasteiger partial charge on any atom is 1.00 e. The minimum Gasteiger partial charge on any atom is -0.790 e. The summed E-state index contributed by atoms with van der Waals surface area (Å²) in [6.45, 7) is 3.84. The van der Waals surface area contributed by atoms with Crippen LogP contribution >= 0.6 is 7.82 Å². The Kier molecular flexibility index (Phi) is 44.3. The maximum absolute atomic E-state index is 12.2. The zero-order valence-corrected chi connectivity index (χ0v) is 35.0. The third-order valence-electron chi connectivity index (χ3n) is 5.58. The van der Waals surface area contributed by atoms with Crippen molar-refractivity contribution in [2.45, 2.75) is 117 Å². The molecule has 2 N–H and O–H groups in total. The molecular weight excluding hydrogens is 679 g/mol. The first-order valence-electron chi connectivity index (χ1n) is 15.7. The van der Waals surface area contributed by atoms with Crippen molar-refractivity contribution in [3.05, 3.63) is 0 Å². The zero-order chi connectivity index (χ0) is 36.1. The predicted molar refractivity (Wildman–Crippen MR) is 207 cm³/mol. The van der Waals surface area contributed by atoms with Crippen molar-refractivity contribution in [1.29, 1.82) is 0 Å². The van der Waals surface area contributed by atoms with E-state index < -0.39 is 39.1 Å². The number of ether oxygens (including phenoxy) is 2. The molecular formula is C37H70NNa2O9P. The monoisotopic (exact) mass is 749 g/mol. The number of carbonyl (C=O) groups is 3. The van der Waals surface area contributed by atoms with Gasteiger partial charge in [0.15, 0.2) is 6.10 Å². The minimum absolute atomic E-state index is 0. The number of rotatable bonds is 20. The van der Waals surface area contributed by atoms with Gasteiger partial charge in [-0.25, -0.2) is 4.79 Å². The van der Waals surface area contributed by atoms with Gasteiger partial charge in [-0.3, -0.25) is 9.59 Å². The number of amides is 1. The van der Waals surface area contributed by atoms with Gasteiger partial charge < -0.3 is 34.1 Å². The maximum atomic E-state index is 12.2. The summed E-state index contributed by atoms with van der Waals surface area (Å²) in [4.78, 5) is 54.9. The van der Waals surface area contributed by atoms with Crippen molar-refractivity contribution in [3.63, 3.8) is 0 Å². The van der Waals surface area contributed by atoms with E-state index in [4.69, 9.17) is 9.47 Å². The normalized spacial score (nSPS) is 9.14. The summed E-state index contributed by atoms with van der Waals surface area (Å²) >= 11 is 0. The summed E-state index contributed by atoms with van der Waals surface area (Å²) in [7, 11) is -5.32. The van der Waals surface area contributed by atoms with Crippen LogP contribution in [0.1, 0.15) is 129 Å². The molecule has 1 atom stereocenters. The van der Waals surface area contributed by atoms with E-state index in [0.29, 0.717) is 6.42 Å². The van der Waals surface area contributed by atoms with E-state index in [1.807, 2.05) is 0 Å². The number of nitrogens with two attached hydrogens (primary N) is 1. The van der Waals surface area contributed by atoms with Crippen molar-refractivity contribution in [2.24, 2.45) is 5.73 Å². The molecule has 0 fully saturated rings. The van der Waals surface area contributed by atoms with Crippen molar-refractivity contribution in [1.82, 2.24) is 0 Å². The van der Waals surface area contributed by atoms with Gasteiger partial charge in [0.2, 0.25) is 5.91 Å². The second-order valence-corrected chi connectivity index (χ2v) is 11.1. The molecule has 0 aliphatic heterocycles.